The molecule has 1 aromatic carbocycles. The fourth-order valence-corrected chi connectivity index (χ4v) is 2.94. The number of aromatic nitrogens is 1. The van der Waals surface area contributed by atoms with Crippen LogP contribution in [-0.2, 0) is 6.54 Å². The largest absolute Gasteiger partial charge is 0.326 e. The molecule has 0 aliphatic carbocycles. The van der Waals surface area contributed by atoms with Gasteiger partial charge in [0.05, 0.1) is 16.2 Å². The summed E-state index contributed by atoms with van der Waals surface area (Å²) in [6, 6.07) is 8.43. The summed E-state index contributed by atoms with van der Waals surface area (Å²) in [5, 5.41) is 1.92. The number of likely N-dealkylation sites (tertiary alicyclic amines) is 1. The molecule has 3 nitrogen and oxygen atoms in total. The Morgan fingerprint density at radius 3 is 2.71 bits per heavy atom. The molecule has 0 spiro atoms. The molecule has 0 saturated carbocycles. The van der Waals surface area contributed by atoms with Crippen molar-refractivity contribution in [3.8, 4) is 0 Å². The summed E-state index contributed by atoms with van der Waals surface area (Å²) in [7, 11) is 0. The zero-order valence-corrected chi connectivity index (χ0v) is 14.3. The second kappa shape index (κ2) is 7.61. The van der Waals surface area contributed by atoms with Gasteiger partial charge < -0.3 is 5.73 Å². The van der Waals surface area contributed by atoms with Gasteiger partial charge in [0.25, 0.3) is 0 Å². The third-order valence-corrected chi connectivity index (χ3v) is 4.33. The van der Waals surface area contributed by atoms with Crippen LogP contribution in [0.1, 0.15) is 17.7 Å². The Kier molecular flexibility index (Phi) is 6.70. The lowest BCUT2D eigenvalue weighted by atomic mass is 10.1. The van der Waals surface area contributed by atoms with Gasteiger partial charge >= 0.3 is 0 Å². The van der Waals surface area contributed by atoms with Crippen LogP contribution in [0.3, 0.4) is 0 Å². The van der Waals surface area contributed by atoms with Gasteiger partial charge in [0.1, 0.15) is 0 Å². The van der Waals surface area contributed by atoms with E-state index in [1.54, 1.807) is 0 Å². The van der Waals surface area contributed by atoms with Gasteiger partial charge in [-0.3, -0.25) is 4.90 Å². The van der Waals surface area contributed by atoms with Crippen LogP contribution in [-0.4, -0.2) is 29.0 Å². The molecule has 0 amide bonds. The van der Waals surface area contributed by atoms with E-state index in [0.717, 1.165) is 53.2 Å². The second-order valence-electron chi connectivity index (χ2n) is 5.30. The molecule has 2 N–H and O–H groups in total. The van der Waals surface area contributed by atoms with Crippen molar-refractivity contribution < 1.29 is 0 Å². The summed E-state index contributed by atoms with van der Waals surface area (Å²) in [4.78, 5) is 7.04. The number of para-hydroxylation sites is 1. The average molecular weight is 349 g/mol. The van der Waals surface area contributed by atoms with Gasteiger partial charge in [-0.2, -0.15) is 0 Å². The first-order valence-electron chi connectivity index (χ1n) is 6.67. The van der Waals surface area contributed by atoms with E-state index in [0.29, 0.717) is 6.04 Å². The lowest BCUT2D eigenvalue weighted by Crippen LogP contribution is -2.26. The first-order valence-corrected chi connectivity index (χ1v) is 7.04. The predicted molar refractivity (Wildman–Crippen MR) is 93.9 cm³/mol. The van der Waals surface area contributed by atoms with Crippen LogP contribution in [0.15, 0.2) is 24.3 Å². The van der Waals surface area contributed by atoms with Crippen molar-refractivity contribution in [3.63, 3.8) is 0 Å². The predicted octanol–water partition coefficient (Wildman–Crippen LogP) is 3.57. The van der Waals surface area contributed by atoms with Gasteiger partial charge in [-0.1, -0.05) is 29.8 Å². The minimum Gasteiger partial charge on any atom is -0.326 e. The number of hydrogen-bond donors (Lipinski definition) is 1. The van der Waals surface area contributed by atoms with Crippen LogP contribution in [0.4, 0.5) is 0 Å². The van der Waals surface area contributed by atoms with Gasteiger partial charge in [-0.25, -0.2) is 4.98 Å². The molecule has 2 heterocycles. The lowest BCUT2D eigenvalue weighted by Gasteiger charge is -2.17. The smallest absolute Gasteiger partial charge is 0.0740 e. The Morgan fingerprint density at radius 2 is 2.05 bits per heavy atom. The van der Waals surface area contributed by atoms with Crippen LogP contribution in [0.2, 0.25) is 5.02 Å². The number of hydrogen-bond acceptors (Lipinski definition) is 3. The minimum absolute atomic E-state index is 0. The van der Waals surface area contributed by atoms with Gasteiger partial charge in [-0.05, 0) is 25.0 Å². The lowest BCUT2D eigenvalue weighted by molar-refractivity contribution is 0.323. The number of pyridine rings is 1. The molecule has 21 heavy (non-hydrogen) atoms. The van der Waals surface area contributed by atoms with E-state index < -0.39 is 0 Å². The van der Waals surface area contributed by atoms with E-state index in [2.05, 4.69) is 17.9 Å². The van der Waals surface area contributed by atoms with E-state index in [1.165, 1.54) is 0 Å². The Hall–Kier alpha value is -0.580. The quantitative estimate of drug-likeness (QED) is 0.902. The van der Waals surface area contributed by atoms with E-state index >= 15 is 0 Å². The maximum atomic E-state index is 6.47. The SMILES string of the molecule is Cc1c(Cl)c(CN2CC[C@@H](N)C2)nc2ccccc12.Cl.Cl. The number of nitrogens with zero attached hydrogens (tertiary/aromatic N) is 2. The fourth-order valence-electron chi connectivity index (χ4n) is 2.74. The Balaban J connectivity index is 0.00000110. The van der Waals surface area contributed by atoms with Gasteiger partial charge in [0.2, 0.25) is 0 Å². The maximum absolute atomic E-state index is 6.47. The Bertz CT molecular complexity index is 618. The van der Waals surface area contributed by atoms with Crippen LogP contribution in [0.5, 0.6) is 0 Å². The third kappa shape index (κ3) is 3.79. The highest BCUT2D eigenvalue weighted by Crippen LogP contribution is 2.28. The highest BCUT2D eigenvalue weighted by molar-refractivity contribution is 6.32. The van der Waals surface area contributed by atoms with E-state index in [-0.39, 0.29) is 24.8 Å². The molecule has 0 bridgehead atoms. The van der Waals surface area contributed by atoms with E-state index in [1.807, 2.05) is 18.2 Å². The van der Waals surface area contributed by atoms with Crippen molar-refractivity contribution in [1.82, 2.24) is 9.88 Å². The first kappa shape index (κ1) is 18.5. The topological polar surface area (TPSA) is 42.1 Å². The molecule has 0 radical (unpaired) electrons. The standard InChI is InChI=1S/C15H18ClN3.2ClH/c1-10-12-4-2-3-5-13(12)18-14(15(10)16)9-19-7-6-11(17)8-19;;/h2-5,11H,6-9,17H2,1H3;2*1H/t11-;;/m1../s1. The van der Waals surface area contributed by atoms with Crippen LogP contribution in [0.25, 0.3) is 10.9 Å². The van der Waals surface area contributed by atoms with Crippen LogP contribution < -0.4 is 5.73 Å². The Morgan fingerprint density at radius 1 is 1.33 bits per heavy atom. The van der Waals surface area contributed by atoms with Crippen LogP contribution >= 0.6 is 36.4 Å². The highest BCUT2D eigenvalue weighted by atomic mass is 35.5. The Labute approximate surface area is 142 Å². The normalized spacial score (nSPS) is 18.3. The first-order chi connectivity index (χ1) is 9.15. The highest BCUT2D eigenvalue weighted by Gasteiger charge is 2.21. The van der Waals surface area contributed by atoms with Crippen molar-refractivity contribution in [3.05, 3.63) is 40.5 Å². The van der Waals surface area contributed by atoms with Crippen molar-refractivity contribution in [1.29, 1.82) is 0 Å². The molecular weight excluding hydrogens is 329 g/mol. The summed E-state index contributed by atoms with van der Waals surface area (Å²) in [5.41, 5.74) is 9.04. The zero-order chi connectivity index (χ0) is 13.4. The van der Waals surface area contributed by atoms with Crippen molar-refractivity contribution in [2.45, 2.75) is 25.9 Å². The number of aryl methyl sites for hydroxylation is 1. The summed E-state index contributed by atoms with van der Waals surface area (Å²) in [6.45, 7) is 4.82. The van der Waals surface area contributed by atoms with Crippen molar-refractivity contribution in [2.75, 3.05) is 13.1 Å². The molecule has 1 atom stereocenters. The number of fused-ring (bicyclic) bond motifs is 1. The third-order valence-electron chi connectivity index (χ3n) is 3.83. The van der Waals surface area contributed by atoms with Crippen LogP contribution in [0, 0.1) is 6.92 Å². The molecule has 6 heteroatoms. The number of halogens is 3. The summed E-state index contributed by atoms with van der Waals surface area (Å²) in [6.07, 6.45) is 1.06. The number of nitrogens with two attached hydrogens (primary N) is 1. The van der Waals surface area contributed by atoms with E-state index in [4.69, 9.17) is 22.3 Å². The van der Waals surface area contributed by atoms with E-state index in [9.17, 15) is 0 Å². The molecule has 116 valence electrons. The fraction of sp³-hybridized carbons (Fsp3) is 0.400. The number of benzene rings is 1. The average Bonchev–Trinajstić information content (AvgIpc) is 2.81. The molecule has 1 aliphatic heterocycles. The molecule has 1 aliphatic rings. The van der Waals surface area contributed by atoms with Crippen molar-refractivity contribution >= 4 is 47.3 Å². The second-order valence-corrected chi connectivity index (χ2v) is 5.68. The van der Waals surface area contributed by atoms with Crippen molar-refractivity contribution in [2.24, 2.45) is 5.73 Å². The maximum Gasteiger partial charge on any atom is 0.0740 e. The summed E-state index contributed by atoms with van der Waals surface area (Å²) < 4.78 is 0. The molecule has 2 aromatic rings. The number of rotatable bonds is 2. The summed E-state index contributed by atoms with van der Waals surface area (Å²) in [5.74, 6) is 0. The zero-order valence-electron chi connectivity index (χ0n) is 11.9. The monoisotopic (exact) mass is 347 g/mol. The minimum atomic E-state index is 0. The molecule has 0 unspecified atom stereocenters. The molecule has 1 saturated heterocycles. The van der Waals surface area contributed by atoms with Gasteiger partial charge in [0, 0.05) is 31.1 Å². The molecule has 3 rings (SSSR count). The molecule has 1 aromatic heterocycles. The molecular formula is C15H20Cl3N3. The molecule has 1 fully saturated rings. The van der Waals surface area contributed by atoms with Gasteiger partial charge in [0.15, 0.2) is 0 Å². The van der Waals surface area contributed by atoms with Gasteiger partial charge in [-0.15, -0.1) is 24.8 Å². The summed E-state index contributed by atoms with van der Waals surface area (Å²) >= 11 is 6.47.